The number of nitrogen functional groups attached to an aromatic ring is 1. The first-order valence-corrected chi connectivity index (χ1v) is 6.81. The normalized spacial score (nSPS) is 10.7. The van der Waals surface area contributed by atoms with E-state index in [1.807, 2.05) is 0 Å². The van der Waals surface area contributed by atoms with Gasteiger partial charge in [-0.05, 0) is 17.5 Å². The highest BCUT2D eigenvalue weighted by atomic mass is 16.6. The summed E-state index contributed by atoms with van der Waals surface area (Å²) in [4.78, 5) is 12.6. The molecule has 7 heteroatoms. The molecule has 1 aromatic carbocycles. The zero-order valence-electron chi connectivity index (χ0n) is 12.4. The lowest BCUT2D eigenvalue weighted by molar-refractivity contribution is -0.384. The van der Waals surface area contributed by atoms with Crippen LogP contribution in [0.5, 0.6) is 0 Å². The molecule has 21 heavy (non-hydrogen) atoms. The fraction of sp³-hybridized carbons (Fsp3) is 0.500. The van der Waals surface area contributed by atoms with Gasteiger partial charge in [0.15, 0.2) is 0 Å². The molecular weight excluding hydrogens is 270 g/mol. The second kappa shape index (κ2) is 8.19. The zero-order valence-corrected chi connectivity index (χ0v) is 12.4. The van der Waals surface area contributed by atoms with Crippen molar-refractivity contribution >= 4 is 11.4 Å². The SMILES string of the molecule is CC(C)CN(CCC#N)Cc1ccc([N+](=O)[O-])c(NN)c1. The Labute approximate surface area is 124 Å². The van der Waals surface area contributed by atoms with Crippen molar-refractivity contribution in [2.24, 2.45) is 11.8 Å². The molecule has 0 heterocycles. The van der Waals surface area contributed by atoms with Gasteiger partial charge in [0.1, 0.15) is 5.69 Å². The Morgan fingerprint density at radius 3 is 2.76 bits per heavy atom. The molecule has 114 valence electrons. The number of nitro benzene ring substituents is 1. The Hall–Kier alpha value is -2.17. The highest BCUT2D eigenvalue weighted by Crippen LogP contribution is 2.25. The van der Waals surface area contributed by atoms with Crippen molar-refractivity contribution in [3.05, 3.63) is 33.9 Å². The highest BCUT2D eigenvalue weighted by Gasteiger charge is 2.15. The summed E-state index contributed by atoms with van der Waals surface area (Å²) in [5, 5.41) is 19.6. The van der Waals surface area contributed by atoms with Gasteiger partial charge in [-0.25, -0.2) is 0 Å². The molecule has 0 radical (unpaired) electrons. The minimum absolute atomic E-state index is 0.0475. The molecule has 3 N–H and O–H groups in total. The molecule has 0 saturated carbocycles. The fourth-order valence-corrected chi connectivity index (χ4v) is 2.17. The number of anilines is 1. The number of rotatable bonds is 8. The summed E-state index contributed by atoms with van der Waals surface area (Å²) in [5.41, 5.74) is 3.53. The molecule has 0 aliphatic carbocycles. The van der Waals surface area contributed by atoms with E-state index >= 15 is 0 Å². The Morgan fingerprint density at radius 2 is 2.24 bits per heavy atom. The zero-order chi connectivity index (χ0) is 15.8. The molecule has 0 saturated heterocycles. The van der Waals surface area contributed by atoms with Gasteiger partial charge in [-0.2, -0.15) is 5.26 Å². The van der Waals surface area contributed by atoms with E-state index in [1.165, 1.54) is 6.07 Å². The largest absolute Gasteiger partial charge is 0.318 e. The number of hydrogen-bond donors (Lipinski definition) is 2. The van der Waals surface area contributed by atoms with Gasteiger partial charge >= 0.3 is 0 Å². The minimum Gasteiger partial charge on any atom is -0.318 e. The Balaban J connectivity index is 2.88. The Kier molecular flexibility index (Phi) is 6.59. The molecule has 0 aliphatic rings. The van der Waals surface area contributed by atoms with Crippen LogP contribution in [0.4, 0.5) is 11.4 Å². The van der Waals surface area contributed by atoms with Gasteiger partial charge in [-0.15, -0.1) is 0 Å². The number of hydrazine groups is 1. The molecule has 1 aromatic rings. The molecule has 0 atom stereocenters. The summed E-state index contributed by atoms with van der Waals surface area (Å²) in [5.74, 6) is 5.82. The van der Waals surface area contributed by atoms with Gasteiger partial charge < -0.3 is 5.43 Å². The number of benzene rings is 1. The smallest absolute Gasteiger partial charge is 0.293 e. The summed E-state index contributed by atoms with van der Waals surface area (Å²) in [7, 11) is 0. The lowest BCUT2D eigenvalue weighted by Crippen LogP contribution is -2.28. The fourth-order valence-electron chi connectivity index (χ4n) is 2.17. The van der Waals surface area contributed by atoms with E-state index in [9.17, 15) is 10.1 Å². The maximum Gasteiger partial charge on any atom is 0.293 e. The number of hydrogen-bond acceptors (Lipinski definition) is 6. The predicted molar refractivity (Wildman–Crippen MR) is 81.3 cm³/mol. The van der Waals surface area contributed by atoms with E-state index in [0.717, 1.165) is 12.1 Å². The van der Waals surface area contributed by atoms with Gasteiger partial charge in [0.25, 0.3) is 5.69 Å². The summed E-state index contributed by atoms with van der Waals surface area (Å²) in [6, 6.07) is 6.99. The second-order valence-electron chi connectivity index (χ2n) is 5.29. The van der Waals surface area contributed by atoms with Crippen LogP contribution in [0.2, 0.25) is 0 Å². The van der Waals surface area contributed by atoms with Crippen LogP contribution in [0, 0.1) is 27.4 Å². The van der Waals surface area contributed by atoms with Crippen molar-refractivity contribution in [3.8, 4) is 6.07 Å². The average molecular weight is 291 g/mol. The van der Waals surface area contributed by atoms with Gasteiger partial charge in [0.2, 0.25) is 0 Å². The van der Waals surface area contributed by atoms with Crippen molar-refractivity contribution in [2.45, 2.75) is 26.8 Å². The van der Waals surface area contributed by atoms with Crippen LogP contribution in [0.15, 0.2) is 18.2 Å². The number of nitrogens with one attached hydrogen (secondary N) is 1. The van der Waals surface area contributed by atoms with Crippen LogP contribution in [0.3, 0.4) is 0 Å². The van der Waals surface area contributed by atoms with Crippen LogP contribution < -0.4 is 11.3 Å². The van der Waals surface area contributed by atoms with Gasteiger partial charge in [-0.3, -0.25) is 20.9 Å². The maximum atomic E-state index is 10.9. The first kappa shape index (κ1) is 16.9. The summed E-state index contributed by atoms with van der Waals surface area (Å²) >= 11 is 0. The molecule has 0 aliphatic heterocycles. The van der Waals surface area contributed by atoms with Gasteiger partial charge in [0.05, 0.1) is 11.0 Å². The van der Waals surface area contributed by atoms with Crippen molar-refractivity contribution < 1.29 is 4.92 Å². The molecule has 1 rings (SSSR count). The average Bonchev–Trinajstić information content (AvgIpc) is 2.43. The molecule has 0 bridgehead atoms. The number of nitrogens with two attached hydrogens (primary N) is 1. The standard InChI is InChI=1S/C14H21N5O2/c1-11(2)9-18(7-3-6-15)10-12-4-5-14(19(20)21)13(8-12)17-16/h4-5,8,11,17H,3,7,9-10,16H2,1-2H3. The predicted octanol–water partition coefficient (Wildman–Crippen LogP) is 2.25. The van der Waals surface area contributed by atoms with E-state index < -0.39 is 4.92 Å². The van der Waals surface area contributed by atoms with E-state index in [2.05, 4.69) is 30.2 Å². The third kappa shape index (κ3) is 5.38. The van der Waals surface area contributed by atoms with Crippen LogP contribution in [0.25, 0.3) is 0 Å². The monoisotopic (exact) mass is 291 g/mol. The molecular formula is C14H21N5O2. The third-order valence-electron chi connectivity index (χ3n) is 2.98. The third-order valence-corrected chi connectivity index (χ3v) is 2.98. The van der Waals surface area contributed by atoms with Crippen LogP contribution in [-0.2, 0) is 6.54 Å². The van der Waals surface area contributed by atoms with Crippen molar-refractivity contribution in [3.63, 3.8) is 0 Å². The summed E-state index contributed by atoms with van der Waals surface area (Å²) in [6.07, 6.45) is 0.460. The van der Waals surface area contributed by atoms with E-state index in [0.29, 0.717) is 31.1 Å². The first-order valence-electron chi connectivity index (χ1n) is 6.81. The lowest BCUT2D eigenvalue weighted by Gasteiger charge is -2.23. The molecule has 0 unspecified atom stereocenters. The van der Waals surface area contributed by atoms with E-state index in [4.69, 9.17) is 11.1 Å². The van der Waals surface area contributed by atoms with Gasteiger partial charge in [0, 0.05) is 32.1 Å². The van der Waals surface area contributed by atoms with Crippen molar-refractivity contribution in [1.82, 2.24) is 4.90 Å². The highest BCUT2D eigenvalue weighted by molar-refractivity contribution is 5.62. The Morgan fingerprint density at radius 1 is 1.52 bits per heavy atom. The van der Waals surface area contributed by atoms with Crippen molar-refractivity contribution in [1.29, 1.82) is 5.26 Å². The van der Waals surface area contributed by atoms with E-state index in [1.54, 1.807) is 12.1 Å². The molecule has 0 aromatic heterocycles. The topological polar surface area (TPSA) is 108 Å². The number of nitriles is 1. The van der Waals surface area contributed by atoms with E-state index in [-0.39, 0.29) is 5.69 Å². The molecule has 0 amide bonds. The Bertz CT molecular complexity index is 525. The minimum atomic E-state index is -0.472. The lowest BCUT2D eigenvalue weighted by atomic mass is 10.1. The van der Waals surface area contributed by atoms with Gasteiger partial charge in [-0.1, -0.05) is 19.9 Å². The van der Waals surface area contributed by atoms with Crippen LogP contribution in [-0.4, -0.2) is 22.9 Å². The van der Waals surface area contributed by atoms with Crippen LogP contribution >= 0.6 is 0 Å². The summed E-state index contributed by atoms with van der Waals surface area (Å²) in [6.45, 7) is 6.40. The molecule has 7 nitrogen and oxygen atoms in total. The molecule has 0 fully saturated rings. The first-order chi connectivity index (χ1) is 9.97. The number of nitro groups is 1. The maximum absolute atomic E-state index is 10.9. The van der Waals surface area contributed by atoms with Crippen LogP contribution in [0.1, 0.15) is 25.8 Å². The molecule has 0 spiro atoms. The quantitative estimate of drug-likeness (QED) is 0.432. The summed E-state index contributed by atoms with van der Waals surface area (Å²) < 4.78 is 0. The second-order valence-corrected chi connectivity index (χ2v) is 5.29. The van der Waals surface area contributed by atoms with Crippen molar-refractivity contribution in [2.75, 3.05) is 18.5 Å². The number of nitrogens with zero attached hydrogens (tertiary/aromatic N) is 3.